The molecule has 0 amide bonds. The molecule has 1 heterocycles. The van der Waals surface area contributed by atoms with Gasteiger partial charge in [-0.2, -0.15) is 0 Å². The summed E-state index contributed by atoms with van der Waals surface area (Å²) in [5, 5.41) is 10.4. The normalized spacial score (nSPS) is 20.8. The minimum atomic E-state index is -0.459. The van der Waals surface area contributed by atoms with Crippen LogP contribution in [0.25, 0.3) is 0 Å². The van der Waals surface area contributed by atoms with Gasteiger partial charge in [-0.25, -0.2) is 0 Å². The van der Waals surface area contributed by atoms with E-state index in [-0.39, 0.29) is 6.10 Å². The Kier molecular flexibility index (Phi) is 5.26. The van der Waals surface area contributed by atoms with E-state index in [1.165, 1.54) is 32.1 Å². The van der Waals surface area contributed by atoms with Crippen LogP contribution in [0.4, 0.5) is 0 Å². The molecular weight excluding hydrogens is 228 g/mol. The zero-order chi connectivity index (χ0) is 12.8. The third kappa shape index (κ3) is 3.59. The molecule has 1 saturated carbocycles. The van der Waals surface area contributed by atoms with Gasteiger partial charge >= 0.3 is 0 Å². The van der Waals surface area contributed by atoms with Crippen molar-refractivity contribution < 1.29 is 14.3 Å². The van der Waals surface area contributed by atoms with Crippen molar-refractivity contribution in [1.29, 1.82) is 0 Å². The van der Waals surface area contributed by atoms with E-state index in [1.54, 1.807) is 6.26 Å². The minimum absolute atomic E-state index is 0.0413. The summed E-state index contributed by atoms with van der Waals surface area (Å²) in [6, 6.07) is 3.77. The average molecular weight is 252 g/mol. The molecule has 18 heavy (non-hydrogen) atoms. The lowest BCUT2D eigenvalue weighted by Crippen LogP contribution is -2.38. The SMILES string of the molecule is CCOC(C(O)Cc1ccco1)C1CCCCC1. The second-order valence-electron chi connectivity index (χ2n) is 5.17. The molecule has 3 heteroatoms. The van der Waals surface area contributed by atoms with Crippen LogP contribution < -0.4 is 0 Å². The predicted molar refractivity (Wildman–Crippen MR) is 70.4 cm³/mol. The van der Waals surface area contributed by atoms with E-state index in [4.69, 9.17) is 9.15 Å². The summed E-state index contributed by atoms with van der Waals surface area (Å²) < 4.78 is 11.1. The second kappa shape index (κ2) is 6.95. The largest absolute Gasteiger partial charge is 0.469 e. The van der Waals surface area contributed by atoms with Gasteiger partial charge in [0.15, 0.2) is 0 Å². The molecule has 2 atom stereocenters. The Morgan fingerprint density at radius 1 is 1.39 bits per heavy atom. The number of ether oxygens (including phenoxy) is 1. The summed E-state index contributed by atoms with van der Waals surface area (Å²) in [4.78, 5) is 0. The molecule has 2 rings (SSSR count). The van der Waals surface area contributed by atoms with E-state index >= 15 is 0 Å². The van der Waals surface area contributed by atoms with E-state index in [0.717, 1.165) is 5.76 Å². The Morgan fingerprint density at radius 2 is 2.17 bits per heavy atom. The molecule has 0 aliphatic heterocycles. The van der Waals surface area contributed by atoms with Gasteiger partial charge in [0.2, 0.25) is 0 Å². The third-order valence-electron chi connectivity index (χ3n) is 3.84. The highest BCUT2D eigenvalue weighted by molar-refractivity contribution is 5.01. The van der Waals surface area contributed by atoms with Crippen molar-refractivity contribution in [3.8, 4) is 0 Å². The van der Waals surface area contributed by atoms with Gasteiger partial charge in [0.25, 0.3) is 0 Å². The van der Waals surface area contributed by atoms with Gasteiger partial charge < -0.3 is 14.3 Å². The molecule has 1 fully saturated rings. The molecule has 1 aromatic rings. The molecule has 0 radical (unpaired) electrons. The van der Waals surface area contributed by atoms with Crippen LogP contribution in [0, 0.1) is 5.92 Å². The van der Waals surface area contributed by atoms with Crippen LogP contribution >= 0.6 is 0 Å². The Hall–Kier alpha value is -0.800. The van der Waals surface area contributed by atoms with Gasteiger partial charge in [0.1, 0.15) is 5.76 Å². The van der Waals surface area contributed by atoms with Crippen molar-refractivity contribution in [2.45, 2.75) is 57.7 Å². The quantitative estimate of drug-likeness (QED) is 0.845. The summed E-state index contributed by atoms with van der Waals surface area (Å²) in [6.45, 7) is 2.66. The molecular formula is C15H24O3. The molecule has 1 aliphatic carbocycles. The lowest BCUT2D eigenvalue weighted by molar-refractivity contribution is -0.0729. The highest BCUT2D eigenvalue weighted by atomic mass is 16.5. The Bertz CT molecular complexity index is 314. The molecule has 0 aromatic carbocycles. The summed E-state index contributed by atoms with van der Waals surface area (Å²) in [5.74, 6) is 1.34. The summed E-state index contributed by atoms with van der Waals surface area (Å²) in [5.41, 5.74) is 0. The van der Waals surface area contributed by atoms with E-state index < -0.39 is 6.10 Å². The first-order valence-corrected chi connectivity index (χ1v) is 7.13. The standard InChI is InChI=1S/C15H24O3/c1-2-17-15(12-7-4-3-5-8-12)14(16)11-13-9-6-10-18-13/h6,9-10,12,14-16H,2-5,7-8,11H2,1H3. The summed E-state index contributed by atoms with van der Waals surface area (Å²) in [7, 11) is 0. The lowest BCUT2D eigenvalue weighted by atomic mass is 9.82. The first-order chi connectivity index (χ1) is 8.81. The zero-order valence-corrected chi connectivity index (χ0v) is 11.2. The van der Waals surface area contributed by atoms with Gasteiger partial charge in [-0.1, -0.05) is 19.3 Å². The Morgan fingerprint density at radius 3 is 2.78 bits per heavy atom. The number of aliphatic hydroxyl groups excluding tert-OH is 1. The fraction of sp³-hybridized carbons (Fsp3) is 0.733. The van der Waals surface area contributed by atoms with Gasteiger partial charge in [-0.3, -0.25) is 0 Å². The topological polar surface area (TPSA) is 42.6 Å². The maximum Gasteiger partial charge on any atom is 0.106 e. The van der Waals surface area contributed by atoms with Crippen molar-refractivity contribution in [3.05, 3.63) is 24.2 Å². The van der Waals surface area contributed by atoms with Crippen molar-refractivity contribution in [2.75, 3.05) is 6.61 Å². The summed E-state index contributed by atoms with van der Waals surface area (Å²) in [6.07, 6.45) is 7.92. The molecule has 2 unspecified atom stereocenters. The monoisotopic (exact) mass is 252 g/mol. The van der Waals surface area contributed by atoms with Crippen molar-refractivity contribution in [2.24, 2.45) is 5.92 Å². The number of rotatable bonds is 6. The molecule has 1 N–H and O–H groups in total. The summed E-state index contributed by atoms with van der Waals surface area (Å²) >= 11 is 0. The molecule has 1 aliphatic rings. The lowest BCUT2D eigenvalue weighted by Gasteiger charge is -2.33. The van der Waals surface area contributed by atoms with Crippen LogP contribution in [-0.4, -0.2) is 23.9 Å². The highest BCUT2D eigenvalue weighted by Crippen LogP contribution is 2.30. The molecule has 1 aromatic heterocycles. The number of hydrogen-bond acceptors (Lipinski definition) is 3. The number of aliphatic hydroxyl groups is 1. The zero-order valence-electron chi connectivity index (χ0n) is 11.2. The molecule has 102 valence electrons. The Labute approximate surface area is 109 Å². The smallest absolute Gasteiger partial charge is 0.106 e. The molecule has 0 spiro atoms. The predicted octanol–water partition coefficient (Wildman–Crippen LogP) is 3.17. The van der Waals surface area contributed by atoms with E-state index in [0.29, 0.717) is 18.9 Å². The van der Waals surface area contributed by atoms with Crippen LogP contribution in [0.2, 0.25) is 0 Å². The van der Waals surface area contributed by atoms with Crippen molar-refractivity contribution in [3.63, 3.8) is 0 Å². The maximum absolute atomic E-state index is 10.4. The van der Waals surface area contributed by atoms with Crippen molar-refractivity contribution >= 4 is 0 Å². The first-order valence-electron chi connectivity index (χ1n) is 7.13. The van der Waals surface area contributed by atoms with E-state index in [9.17, 15) is 5.11 Å². The number of furan rings is 1. The minimum Gasteiger partial charge on any atom is -0.469 e. The highest BCUT2D eigenvalue weighted by Gasteiger charge is 2.30. The third-order valence-corrected chi connectivity index (χ3v) is 3.84. The van der Waals surface area contributed by atoms with Crippen LogP contribution in [0.15, 0.2) is 22.8 Å². The van der Waals surface area contributed by atoms with Gasteiger partial charge in [0, 0.05) is 13.0 Å². The number of hydrogen-bond donors (Lipinski definition) is 1. The molecule has 0 bridgehead atoms. The van der Waals surface area contributed by atoms with Gasteiger partial charge in [-0.15, -0.1) is 0 Å². The van der Waals surface area contributed by atoms with Crippen LogP contribution in [-0.2, 0) is 11.2 Å². The van der Waals surface area contributed by atoms with E-state index in [1.807, 2.05) is 19.1 Å². The average Bonchev–Trinajstić information content (AvgIpc) is 2.89. The fourth-order valence-corrected chi connectivity index (χ4v) is 2.97. The Balaban J connectivity index is 1.94. The van der Waals surface area contributed by atoms with Crippen molar-refractivity contribution in [1.82, 2.24) is 0 Å². The molecule has 0 saturated heterocycles. The van der Waals surface area contributed by atoms with E-state index in [2.05, 4.69) is 0 Å². The van der Waals surface area contributed by atoms with Gasteiger partial charge in [0.05, 0.1) is 18.5 Å². The first kappa shape index (κ1) is 13.6. The van der Waals surface area contributed by atoms with Crippen LogP contribution in [0.3, 0.4) is 0 Å². The van der Waals surface area contributed by atoms with Gasteiger partial charge in [-0.05, 0) is 37.8 Å². The van der Waals surface area contributed by atoms with Crippen LogP contribution in [0.1, 0.15) is 44.8 Å². The molecule has 3 nitrogen and oxygen atoms in total. The second-order valence-corrected chi connectivity index (χ2v) is 5.17. The fourth-order valence-electron chi connectivity index (χ4n) is 2.97. The maximum atomic E-state index is 10.4. The van der Waals surface area contributed by atoms with Crippen LogP contribution in [0.5, 0.6) is 0 Å².